The molecule has 3 aromatic rings. The van der Waals surface area contributed by atoms with Gasteiger partial charge in [-0.3, -0.25) is 9.59 Å². The number of ether oxygens (including phenoxy) is 1. The predicted octanol–water partition coefficient (Wildman–Crippen LogP) is 4.90. The lowest BCUT2D eigenvalue weighted by Crippen LogP contribution is -2.48. The van der Waals surface area contributed by atoms with Crippen LogP contribution < -0.4 is 4.90 Å². The van der Waals surface area contributed by atoms with Crippen LogP contribution >= 0.6 is 0 Å². The van der Waals surface area contributed by atoms with Gasteiger partial charge >= 0.3 is 5.97 Å². The van der Waals surface area contributed by atoms with E-state index in [9.17, 15) is 14.4 Å². The first-order valence-electron chi connectivity index (χ1n) is 13.8. The number of hydrogen-bond acceptors (Lipinski definition) is 6. The number of hydrogen-bond donors (Lipinski definition) is 0. The molecule has 0 bridgehead atoms. The standard InChI is InChI=1S/C32H35N3O5/c1-4-39-32(38)30-23(3)35(29(36)20-26(30)24-11-6-5-7-12-24)21-25-14-15-28(40-25)31(37)34-18-16-33(17-19-34)27-13-9-8-10-22(27)2/h5-15,26H,4,16-21H2,1-3H3. The lowest BCUT2D eigenvalue weighted by atomic mass is 9.83. The molecule has 8 heteroatoms. The molecule has 2 aromatic carbocycles. The van der Waals surface area contributed by atoms with Crippen molar-refractivity contribution in [3.05, 3.63) is 101 Å². The number of allylic oxidation sites excluding steroid dienone is 1. The molecule has 1 saturated heterocycles. The van der Waals surface area contributed by atoms with Crippen LogP contribution in [0.5, 0.6) is 0 Å². The maximum Gasteiger partial charge on any atom is 0.336 e. The number of furan rings is 1. The third-order valence-electron chi connectivity index (χ3n) is 7.73. The molecule has 1 unspecified atom stereocenters. The lowest BCUT2D eigenvalue weighted by molar-refractivity contribution is -0.140. The summed E-state index contributed by atoms with van der Waals surface area (Å²) in [6, 6.07) is 21.2. The highest BCUT2D eigenvalue weighted by atomic mass is 16.5. The fraction of sp³-hybridized carbons (Fsp3) is 0.344. The summed E-state index contributed by atoms with van der Waals surface area (Å²) in [6.45, 7) is 8.68. The van der Waals surface area contributed by atoms with Gasteiger partial charge in [-0.25, -0.2) is 4.79 Å². The highest BCUT2D eigenvalue weighted by Gasteiger charge is 2.37. The van der Waals surface area contributed by atoms with Gasteiger partial charge in [0, 0.05) is 49.9 Å². The Hall–Kier alpha value is -4.33. The molecule has 2 aliphatic rings. The monoisotopic (exact) mass is 541 g/mol. The number of para-hydroxylation sites is 1. The van der Waals surface area contributed by atoms with Crippen molar-refractivity contribution in [3.8, 4) is 0 Å². The Bertz CT molecular complexity index is 1420. The summed E-state index contributed by atoms with van der Waals surface area (Å²) in [5.41, 5.74) is 4.32. The van der Waals surface area contributed by atoms with E-state index < -0.39 is 5.97 Å². The number of piperazine rings is 1. The Morgan fingerprint density at radius 2 is 1.62 bits per heavy atom. The summed E-state index contributed by atoms with van der Waals surface area (Å²) in [6.07, 6.45) is 0.146. The van der Waals surface area contributed by atoms with Crippen LogP contribution in [-0.4, -0.2) is 60.4 Å². The highest BCUT2D eigenvalue weighted by Crippen LogP contribution is 2.37. The third kappa shape index (κ3) is 5.52. The second-order valence-electron chi connectivity index (χ2n) is 10.2. The van der Waals surface area contributed by atoms with Gasteiger partial charge in [0.25, 0.3) is 5.91 Å². The zero-order chi connectivity index (χ0) is 28.2. The van der Waals surface area contributed by atoms with Crippen LogP contribution in [-0.2, 0) is 20.9 Å². The van der Waals surface area contributed by atoms with Gasteiger partial charge < -0.3 is 23.9 Å². The number of anilines is 1. The van der Waals surface area contributed by atoms with Crippen LogP contribution in [0.1, 0.15) is 53.6 Å². The van der Waals surface area contributed by atoms with Crippen LogP contribution in [0.2, 0.25) is 0 Å². The maximum atomic E-state index is 13.3. The summed E-state index contributed by atoms with van der Waals surface area (Å²) >= 11 is 0. The summed E-state index contributed by atoms with van der Waals surface area (Å²) in [5, 5.41) is 0. The minimum atomic E-state index is -0.425. The van der Waals surface area contributed by atoms with Crippen molar-refractivity contribution in [2.24, 2.45) is 0 Å². The molecule has 0 radical (unpaired) electrons. The molecule has 2 amide bonds. The van der Waals surface area contributed by atoms with Gasteiger partial charge in [-0.2, -0.15) is 0 Å². The second kappa shape index (κ2) is 11.8. The Balaban J connectivity index is 1.30. The van der Waals surface area contributed by atoms with Gasteiger partial charge in [0.2, 0.25) is 5.91 Å². The quantitative estimate of drug-likeness (QED) is 0.396. The number of rotatable bonds is 7. The van der Waals surface area contributed by atoms with Crippen LogP contribution in [0.25, 0.3) is 0 Å². The number of nitrogens with zero attached hydrogens (tertiary/aromatic N) is 3. The summed E-state index contributed by atoms with van der Waals surface area (Å²) < 4.78 is 11.3. The van der Waals surface area contributed by atoms with Crippen molar-refractivity contribution in [2.45, 2.75) is 39.7 Å². The van der Waals surface area contributed by atoms with E-state index in [-0.39, 0.29) is 43.1 Å². The lowest BCUT2D eigenvalue weighted by Gasteiger charge is -2.36. The van der Waals surface area contributed by atoms with Gasteiger partial charge in [0.1, 0.15) is 5.76 Å². The predicted molar refractivity (Wildman–Crippen MR) is 152 cm³/mol. The number of carbonyl (C=O) groups excluding carboxylic acids is 3. The first kappa shape index (κ1) is 27.2. The zero-order valence-electron chi connectivity index (χ0n) is 23.3. The van der Waals surface area contributed by atoms with Crippen LogP contribution in [0.15, 0.2) is 82.4 Å². The van der Waals surface area contributed by atoms with E-state index in [4.69, 9.17) is 9.15 Å². The minimum Gasteiger partial charge on any atom is -0.463 e. The molecule has 3 heterocycles. The molecule has 0 aliphatic carbocycles. The minimum absolute atomic E-state index is 0.115. The van der Waals surface area contributed by atoms with Gasteiger partial charge in [-0.15, -0.1) is 0 Å². The first-order valence-corrected chi connectivity index (χ1v) is 13.8. The van der Waals surface area contributed by atoms with Crippen molar-refractivity contribution >= 4 is 23.5 Å². The Morgan fingerprint density at radius 3 is 2.33 bits per heavy atom. The van der Waals surface area contributed by atoms with Crippen molar-refractivity contribution in [1.29, 1.82) is 0 Å². The number of benzene rings is 2. The van der Waals surface area contributed by atoms with Gasteiger partial charge in [-0.1, -0.05) is 48.5 Å². The normalized spacial score (nSPS) is 17.8. The van der Waals surface area contributed by atoms with E-state index in [1.807, 2.05) is 42.5 Å². The van der Waals surface area contributed by atoms with E-state index in [1.165, 1.54) is 11.3 Å². The molecule has 2 aliphatic heterocycles. The molecule has 1 aromatic heterocycles. The SMILES string of the molecule is CCOC(=O)C1=C(C)N(Cc2ccc(C(=O)N3CCN(c4ccccc4C)CC3)o2)C(=O)CC1c1ccccc1. The fourth-order valence-corrected chi connectivity index (χ4v) is 5.61. The molecule has 1 fully saturated rings. The molecule has 208 valence electrons. The van der Waals surface area contributed by atoms with Crippen molar-refractivity contribution in [3.63, 3.8) is 0 Å². The summed E-state index contributed by atoms with van der Waals surface area (Å²) in [4.78, 5) is 45.2. The average Bonchev–Trinajstić information content (AvgIpc) is 3.44. The van der Waals surface area contributed by atoms with Crippen LogP contribution in [0, 0.1) is 6.92 Å². The fourth-order valence-electron chi connectivity index (χ4n) is 5.61. The number of aryl methyl sites for hydroxylation is 1. The average molecular weight is 542 g/mol. The Kier molecular flexibility index (Phi) is 8.05. The molecule has 0 N–H and O–H groups in total. The summed E-state index contributed by atoms with van der Waals surface area (Å²) in [5.74, 6) is -0.350. The van der Waals surface area contributed by atoms with Crippen LogP contribution in [0.4, 0.5) is 5.69 Å². The van der Waals surface area contributed by atoms with Gasteiger partial charge in [0.05, 0.1) is 18.7 Å². The largest absolute Gasteiger partial charge is 0.463 e. The zero-order valence-corrected chi connectivity index (χ0v) is 23.3. The maximum absolute atomic E-state index is 13.3. The number of carbonyl (C=O) groups is 3. The van der Waals surface area contributed by atoms with E-state index in [0.717, 1.165) is 18.7 Å². The first-order chi connectivity index (χ1) is 19.4. The van der Waals surface area contributed by atoms with Gasteiger partial charge in [0.15, 0.2) is 5.76 Å². The van der Waals surface area contributed by atoms with E-state index in [1.54, 1.807) is 35.8 Å². The molecule has 0 saturated carbocycles. The second-order valence-corrected chi connectivity index (χ2v) is 10.2. The molecule has 40 heavy (non-hydrogen) atoms. The molecular weight excluding hydrogens is 506 g/mol. The van der Waals surface area contributed by atoms with Crippen molar-refractivity contribution in [2.75, 3.05) is 37.7 Å². The Labute approximate surface area is 234 Å². The smallest absolute Gasteiger partial charge is 0.336 e. The van der Waals surface area contributed by atoms with E-state index in [2.05, 4.69) is 24.0 Å². The molecular formula is C32H35N3O5. The Morgan fingerprint density at radius 1 is 0.925 bits per heavy atom. The van der Waals surface area contributed by atoms with Crippen molar-refractivity contribution in [1.82, 2.24) is 9.80 Å². The third-order valence-corrected chi connectivity index (χ3v) is 7.73. The topological polar surface area (TPSA) is 83.3 Å². The molecule has 1 atom stereocenters. The van der Waals surface area contributed by atoms with Gasteiger partial charge in [-0.05, 0) is 50.1 Å². The summed E-state index contributed by atoms with van der Waals surface area (Å²) in [7, 11) is 0. The molecule has 0 spiro atoms. The molecule has 8 nitrogen and oxygen atoms in total. The number of esters is 1. The number of amides is 2. The van der Waals surface area contributed by atoms with E-state index >= 15 is 0 Å². The van der Waals surface area contributed by atoms with Crippen LogP contribution in [0.3, 0.4) is 0 Å². The molecule has 5 rings (SSSR count). The highest BCUT2D eigenvalue weighted by molar-refractivity contribution is 5.96. The van der Waals surface area contributed by atoms with E-state index in [0.29, 0.717) is 30.1 Å². The van der Waals surface area contributed by atoms with Crippen molar-refractivity contribution < 1.29 is 23.5 Å².